The molecular formula is C26H28ClN3O3. The van der Waals surface area contributed by atoms with Crippen LogP contribution >= 0.6 is 11.6 Å². The average molecular weight is 466 g/mol. The summed E-state index contributed by atoms with van der Waals surface area (Å²) in [7, 11) is 0. The zero-order chi connectivity index (χ0) is 23.0. The van der Waals surface area contributed by atoms with Crippen molar-refractivity contribution in [1.29, 1.82) is 0 Å². The van der Waals surface area contributed by atoms with Crippen molar-refractivity contribution in [3.63, 3.8) is 0 Å². The van der Waals surface area contributed by atoms with Crippen LogP contribution in [0.15, 0.2) is 59.2 Å². The van der Waals surface area contributed by atoms with E-state index in [4.69, 9.17) is 16.0 Å². The van der Waals surface area contributed by atoms with Crippen molar-refractivity contribution >= 4 is 23.4 Å². The van der Waals surface area contributed by atoms with Crippen molar-refractivity contribution in [2.24, 2.45) is 0 Å². The third-order valence-corrected chi connectivity index (χ3v) is 7.22. The zero-order valence-electron chi connectivity index (χ0n) is 18.7. The molecule has 1 unspecified atom stereocenters. The van der Waals surface area contributed by atoms with Crippen LogP contribution in [0.2, 0.25) is 5.02 Å². The normalized spacial score (nSPS) is 21.2. The van der Waals surface area contributed by atoms with Crippen LogP contribution in [0.3, 0.4) is 0 Å². The molecule has 172 valence electrons. The summed E-state index contributed by atoms with van der Waals surface area (Å²) in [5.41, 5.74) is 1.22. The van der Waals surface area contributed by atoms with Crippen LogP contribution in [-0.2, 0) is 17.9 Å². The summed E-state index contributed by atoms with van der Waals surface area (Å²) >= 11 is 6.06. The van der Waals surface area contributed by atoms with Gasteiger partial charge >= 0.3 is 0 Å². The molecule has 0 spiro atoms. The Morgan fingerprint density at radius 1 is 1.09 bits per heavy atom. The SMILES string of the molecule is CC1(C(=O)NC2CCCCC2)Cn2c(ccc2-c2ccco2)C(=O)N1Cc1ccc(Cl)cc1. The maximum atomic E-state index is 13.8. The van der Waals surface area contributed by atoms with E-state index in [9.17, 15) is 9.59 Å². The maximum Gasteiger partial charge on any atom is 0.271 e. The van der Waals surface area contributed by atoms with E-state index in [2.05, 4.69) is 5.32 Å². The molecule has 1 N–H and O–H groups in total. The molecule has 1 aliphatic heterocycles. The lowest BCUT2D eigenvalue weighted by atomic mass is 9.91. The quantitative estimate of drug-likeness (QED) is 0.558. The number of fused-ring (bicyclic) bond motifs is 1. The number of carbonyl (C=O) groups is 2. The van der Waals surface area contributed by atoms with E-state index in [0.717, 1.165) is 36.9 Å². The Labute approximate surface area is 198 Å². The first-order chi connectivity index (χ1) is 16.0. The van der Waals surface area contributed by atoms with Crippen LogP contribution in [0.1, 0.15) is 55.1 Å². The van der Waals surface area contributed by atoms with Gasteiger partial charge in [-0.2, -0.15) is 0 Å². The third-order valence-electron chi connectivity index (χ3n) is 6.96. The minimum Gasteiger partial charge on any atom is -0.463 e. The van der Waals surface area contributed by atoms with E-state index in [1.807, 2.05) is 60.0 Å². The van der Waals surface area contributed by atoms with Crippen LogP contribution in [0.4, 0.5) is 0 Å². The first-order valence-corrected chi connectivity index (χ1v) is 11.9. The summed E-state index contributed by atoms with van der Waals surface area (Å²) in [5, 5.41) is 3.90. The minimum atomic E-state index is -1.05. The van der Waals surface area contributed by atoms with E-state index in [-0.39, 0.29) is 17.9 Å². The summed E-state index contributed by atoms with van der Waals surface area (Å²) in [5.74, 6) is 0.395. The fraction of sp³-hybridized carbons (Fsp3) is 0.385. The first-order valence-electron chi connectivity index (χ1n) is 11.6. The fourth-order valence-electron chi connectivity index (χ4n) is 5.02. The first kappa shape index (κ1) is 21.8. The minimum absolute atomic E-state index is 0.110. The summed E-state index contributed by atoms with van der Waals surface area (Å²) in [6, 6.07) is 15.0. The number of rotatable bonds is 5. The molecular weight excluding hydrogens is 438 g/mol. The monoisotopic (exact) mass is 465 g/mol. The van der Waals surface area contributed by atoms with Crippen LogP contribution in [-0.4, -0.2) is 32.9 Å². The van der Waals surface area contributed by atoms with Gasteiger partial charge < -0.3 is 19.2 Å². The van der Waals surface area contributed by atoms with Crippen molar-refractivity contribution in [3.05, 3.63) is 71.1 Å². The van der Waals surface area contributed by atoms with Crippen molar-refractivity contribution in [1.82, 2.24) is 14.8 Å². The number of aromatic nitrogens is 1. The van der Waals surface area contributed by atoms with Crippen molar-refractivity contribution in [2.45, 2.75) is 63.7 Å². The molecule has 7 heteroatoms. The predicted molar refractivity (Wildman–Crippen MR) is 127 cm³/mol. The van der Waals surface area contributed by atoms with Gasteiger partial charge in [0.15, 0.2) is 0 Å². The van der Waals surface area contributed by atoms with Gasteiger partial charge in [-0.1, -0.05) is 43.0 Å². The second-order valence-electron chi connectivity index (χ2n) is 9.27. The zero-order valence-corrected chi connectivity index (χ0v) is 19.5. The molecule has 2 amide bonds. The maximum absolute atomic E-state index is 13.8. The number of amides is 2. The molecule has 3 aromatic rings. The van der Waals surface area contributed by atoms with E-state index in [0.29, 0.717) is 29.6 Å². The highest BCUT2D eigenvalue weighted by molar-refractivity contribution is 6.30. The van der Waals surface area contributed by atoms with E-state index >= 15 is 0 Å². The largest absolute Gasteiger partial charge is 0.463 e. The molecule has 0 radical (unpaired) electrons. The van der Waals surface area contributed by atoms with Crippen molar-refractivity contribution < 1.29 is 14.0 Å². The molecule has 1 saturated carbocycles. The molecule has 1 atom stereocenters. The van der Waals surface area contributed by atoms with Gasteiger partial charge in [-0.25, -0.2) is 0 Å². The number of nitrogens with zero attached hydrogens (tertiary/aromatic N) is 2. The van der Waals surface area contributed by atoms with Gasteiger partial charge in [0.1, 0.15) is 17.0 Å². The molecule has 0 saturated heterocycles. The molecule has 1 fully saturated rings. The lowest BCUT2D eigenvalue weighted by Gasteiger charge is -2.45. The summed E-state index contributed by atoms with van der Waals surface area (Å²) in [4.78, 5) is 29.2. The highest BCUT2D eigenvalue weighted by Crippen LogP contribution is 2.35. The van der Waals surface area contributed by atoms with E-state index < -0.39 is 5.54 Å². The average Bonchev–Trinajstić information content (AvgIpc) is 3.48. The Morgan fingerprint density at radius 2 is 1.82 bits per heavy atom. The number of nitrogens with one attached hydrogen (secondary N) is 1. The second kappa shape index (κ2) is 8.75. The predicted octanol–water partition coefficient (Wildman–Crippen LogP) is 5.27. The Kier molecular flexibility index (Phi) is 5.79. The van der Waals surface area contributed by atoms with Gasteiger partial charge in [-0.15, -0.1) is 0 Å². The van der Waals surface area contributed by atoms with Crippen LogP contribution in [0.25, 0.3) is 11.5 Å². The van der Waals surface area contributed by atoms with Gasteiger partial charge in [0, 0.05) is 17.6 Å². The summed E-state index contributed by atoms with van der Waals surface area (Å²) < 4.78 is 7.52. The number of halogens is 1. The highest BCUT2D eigenvalue weighted by Gasteiger charge is 2.48. The Bertz CT molecular complexity index is 1150. The second-order valence-corrected chi connectivity index (χ2v) is 9.70. The van der Waals surface area contributed by atoms with E-state index in [1.54, 1.807) is 11.2 Å². The summed E-state index contributed by atoms with van der Waals surface area (Å²) in [6.45, 7) is 2.54. The van der Waals surface area contributed by atoms with Crippen LogP contribution in [0, 0.1) is 0 Å². The molecule has 3 heterocycles. The highest BCUT2D eigenvalue weighted by atomic mass is 35.5. The lowest BCUT2D eigenvalue weighted by molar-refractivity contribution is -0.134. The Hall–Kier alpha value is -2.99. The van der Waals surface area contributed by atoms with Gasteiger partial charge in [0.05, 0.1) is 18.5 Å². The fourth-order valence-corrected chi connectivity index (χ4v) is 5.15. The smallest absolute Gasteiger partial charge is 0.271 e. The number of benzene rings is 1. The number of furan rings is 1. The van der Waals surface area contributed by atoms with Gasteiger partial charge in [0.2, 0.25) is 5.91 Å². The van der Waals surface area contributed by atoms with Gasteiger partial charge in [0.25, 0.3) is 5.91 Å². The topological polar surface area (TPSA) is 67.5 Å². The molecule has 2 aliphatic rings. The van der Waals surface area contributed by atoms with Crippen LogP contribution < -0.4 is 5.32 Å². The molecule has 1 aromatic carbocycles. The Morgan fingerprint density at radius 3 is 2.52 bits per heavy atom. The Balaban J connectivity index is 1.52. The molecule has 5 rings (SSSR count). The molecule has 0 bridgehead atoms. The number of hydrogen-bond donors (Lipinski definition) is 1. The molecule has 33 heavy (non-hydrogen) atoms. The lowest BCUT2D eigenvalue weighted by Crippen LogP contribution is -2.64. The molecule has 2 aromatic heterocycles. The molecule has 6 nitrogen and oxygen atoms in total. The van der Waals surface area contributed by atoms with Gasteiger partial charge in [-0.3, -0.25) is 9.59 Å². The molecule has 1 aliphatic carbocycles. The van der Waals surface area contributed by atoms with E-state index in [1.165, 1.54) is 6.42 Å². The van der Waals surface area contributed by atoms with Gasteiger partial charge in [-0.05, 0) is 61.7 Å². The number of hydrogen-bond acceptors (Lipinski definition) is 3. The van der Waals surface area contributed by atoms with Crippen LogP contribution in [0.5, 0.6) is 0 Å². The van der Waals surface area contributed by atoms with Crippen molar-refractivity contribution in [3.8, 4) is 11.5 Å². The third kappa shape index (κ3) is 4.08. The summed E-state index contributed by atoms with van der Waals surface area (Å²) in [6.07, 6.45) is 7.05. The van der Waals surface area contributed by atoms with Crippen molar-refractivity contribution in [2.75, 3.05) is 0 Å². The number of carbonyl (C=O) groups excluding carboxylic acids is 2. The standard InChI is InChI=1S/C26H28ClN3O3/c1-26(25(32)28-20-6-3-2-4-7-20)17-29-21(23-8-5-15-33-23)13-14-22(29)24(31)30(26)16-18-9-11-19(27)12-10-18/h5,8-15,20H,2-4,6-7,16-17H2,1H3,(H,28,32).